The van der Waals surface area contributed by atoms with Gasteiger partial charge in [0.1, 0.15) is 36.4 Å². The number of hydrogen-bond acceptors (Lipinski definition) is 9. The van der Waals surface area contributed by atoms with E-state index in [0.717, 1.165) is 22.4 Å². The van der Waals surface area contributed by atoms with Gasteiger partial charge in [0.2, 0.25) is 5.91 Å². The molecule has 208 valence electrons. The third kappa shape index (κ3) is 6.02. The number of carbonyl (C=O) groups excluding carboxylic acids is 1. The first kappa shape index (κ1) is 27.0. The topological polar surface area (TPSA) is 108 Å². The number of methoxy groups -OCH3 is 2. The number of benzene rings is 2. The molecule has 0 saturated carbocycles. The zero-order valence-corrected chi connectivity index (χ0v) is 22.6. The standard InChI is InChI=1S/C30H32N4O6/c1-4-29(35)34-11-9-21(10-12-34)40-28-17-22-23(18-27(28)39-15-14-36-2)31-19-32-30(22)33-24-16-20(7-8-26(24)37-3)25-6-5-13-38-25/h4-8,13,16-19,21H,1,9-12,14-15H2,2-3H3,(H,31,32,33). The lowest BCUT2D eigenvalue weighted by atomic mass is 10.1. The summed E-state index contributed by atoms with van der Waals surface area (Å²) in [7, 11) is 3.24. The zero-order chi connectivity index (χ0) is 27.9. The Kier molecular flexibility index (Phi) is 8.46. The van der Waals surface area contributed by atoms with Crippen molar-refractivity contribution in [3.63, 3.8) is 0 Å². The molecular formula is C30H32N4O6. The van der Waals surface area contributed by atoms with Gasteiger partial charge in [-0.2, -0.15) is 0 Å². The fourth-order valence-corrected chi connectivity index (χ4v) is 4.64. The van der Waals surface area contributed by atoms with Crippen molar-refractivity contribution in [3.8, 4) is 28.6 Å². The van der Waals surface area contributed by atoms with E-state index in [9.17, 15) is 4.79 Å². The molecule has 0 spiro atoms. The lowest BCUT2D eigenvalue weighted by Crippen LogP contribution is -2.41. The van der Waals surface area contributed by atoms with Crippen molar-refractivity contribution in [1.29, 1.82) is 0 Å². The summed E-state index contributed by atoms with van der Waals surface area (Å²) in [6, 6.07) is 13.2. The maximum Gasteiger partial charge on any atom is 0.245 e. The number of amides is 1. The summed E-state index contributed by atoms with van der Waals surface area (Å²) in [5.74, 6) is 3.06. The lowest BCUT2D eigenvalue weighted by Gasteiger charge is -2.32. The van der Waals surface area contributed by atoms with Crippen molar-refractivity contribution >= 4 is 28.3 Å². The highest BCUT2D eigenvalue weighted by Gasteiger charge is 2.24. The SMILES string of the molecule is C=CC(=O)N1CCC(Oc2cc3c(Nc4cc(-c5ccco5)ccc4OC)ncnc3cc2OCCOC)CC1. The van der Waals surface area contributed by atoms with Crippen LogP contribution in [0.25, 0.3) is 22.2 Å². The Morgan fingerprint density at radius 3 is 2.67 bits per heavy atom. The molecule has 1 amide bonds. The van der Waals surface area contributed by atoms with Gasteiger partial charge >= 0.3 is 0 Å². The van der Waals surface area contributed by atoms with Crippen LogP contribution in [0.1, 0.15) is 12.8 Å². The molecule has 10 nitrogen and oxygen atoms in total. The van der Waals surface area contributed by atoms with E-state index >= 15 is 0 Å². The summed E-state index contributed by atoms with van der Waals surface area (Å²) in [6.07, 6.45) is 5.80. The summed E-state index contributed by atoms with van der Waals surface area (Å²) in [5.41, 5.74) is 2.30. The molecule has 10 heteroatoms. The molecule has 3 heterocycles. The third-order valence-corrected chi connectivity index (χ3v) is 6.73. The van der Waals surface area contributed by atoms with Gasteiger partial charge in [-0.25, -0.2) is 9.97 Å². The second-order valence-corrected chi connectivity index (χ2v) is 9.24. The number of rotatable bonds is 11. The summed E-state index contributed by atoms with van der Waals surface area (Å²) in [5, 5.41) is 4.16. The minimum absolute atomic E-state index is 0.0628. The number of piperidine rings is 1. The van der Waals surface area contributed by atoms with Crippen molar-refractivity contribution in [2.75, 3.05) is 45.8 Å². The number of nitrogens with zero attached hydrogens (tertiary/aromatic N) is 3. The van der Waals surface area contributed by atoms with Gasteiger partial charge in [0.15, 0.2) is 11.5 Å². The number of hydrogen-bond donors (Lipinski definition) is 1. The molecule has 1 N–H and O–H groups in total. The molecule has 0 radical (unpaired) electrons. The second kappa shape index (κ2) is 12.5. The molecule has 1 aliphatic heterocycles. The number of nitrogens with one attached hydrogen (secondary N) is 1. The van der Waals surface area contributed by atoms with Crippen LogP contribution in [-0.2, 0) is 9.53 Å². The Hall–Kier alpha value is -4.57. The van der Waals surface area contributed by atoms with E-state index in [1.165, 1.54) is 12.4 Å². The summed E-state index contributed by atoms with van der Waals surface area (Å²) >= 11 is 0. The van der Waals surface area contributed by atoms with Gasteiger partial charge in [-0.05, 0) is 42.5 Å². The Morgan fingerprint density at radius 2 is 1.95 bits per heavy atom. The van der Waals surface area contributed by atoms with E-state index in [1.54, 1.807) is 25.4 Å². The van der Waals surface area contributed by atoms with Crippen LogP contribution in [0, 0.1) is 0 Å². The predicted octanol–water partition coefficient (Wildman–Crippen LogP) is 5.22. The molecular weight excluding hydrogens is 512 g/mol. The Bertz CT molecular complexity index is 1460. The van der Waals surface area contributed by atoms with E-state index in [1.807, 2.05) is 42.5 Å². The van der Waals surface area contributed by atoms with Crippen LogP contribution in [0.3, 0.4) is 0 Å². The molecule has 0 atom stereocenters. The van der Waals surface area contributed by atoms with E-state index in [0.29, 0.717) is 67.7 Å². The summed E-state index contributed by atoms with van der Waals surface area (Å²) < 4.78 is 28.8. The molecule has 0 bridgehead atoms. The Balaban J connectivity index is 1.46. The molecule has 2 aromatic heterocycles. The maximum absolute atomic E-state index is 12.0. The highest BCUT2D eigenvalue weighted by atomic mass is 16.5. The van der Waals surface area contributed by atoms with Crippen LogP contribution in [0.15, 0.2) is 72.1 Å². The van der Waals surface area contributed by atoms with E-state index in [2.05, 4.69) is 21.9 Å². The molecule has 1 aliphatic rings. The van der Waals surface area contributed by atoms with E-state index in [4.69, 9.17) is 23.4 Å². The number of ether oxygens (including phenoxy) is 4. The molecule has 1 saturated heterocycles. The van der Waals surface area contributed by atoms with Crippen LogP contribution in [0.2, 0.25) is 0 Å². The largest absolute Gasteiger partial charge is 0.495 e. The predicted molar refractivity (Wildman–Crippen MR) is 151 cm³/mol. The Labute approximate surface area is 232 Å². The van der Waals surface area contributed by atoms with Crippen LogP contribution in [0.5, 0.6) is 17.2 Å². The minimum Gasteiger partial charge on any atom is -0.495 e. The number of carbonyl (C=O) groups is 1. The fraction of sp³-hybridized carbons (Fsp3) is 0.300. The van der Waals surface area contributed by atoms with Gasteiger partial charge in [0.25, 0.3) is 0 Å². The smallest absolute Gasteiger partial charge is 0.245 e. The van der Waals surface area contributed by atoms with Crippen LogP contribution in [0.4, 0.5) is 11.5 Å². The van der Waals surface area contributed by atoms with Crippen LogP contribution < -0.4 is 19.5 Å². The van der Waals surface area contributed by atoms with Gasteiger partial charge in [0, 0.05) is 50.1 Å². The van der Waals surface area contributed by atoms with Gasteiger partial charge in [0.05, 0.1) is 31.2 Å². The van der Waals surface area contributed by atoms with Crippen molar-refractivity contribution in [2.45, 2.75) is 18.9 Å². The first-order valence-electron chi connectivity index (χ1n) is 13.1. The lowest BCUT2D eigenvalue weighted by molar-refractivity contribution is -0.127. The van der Waals surface area contributed by atoms with Crippen LogP contribution >= 0.6 is 0 Å². The molecule has 5 rings (SSSR count). The number of furan rings is 1. The minimum atomic E-state index is -0.0813. The second-order valence-electron chi connectivity index (χ2n) is 9.24. The fourth-order valence-electron chi connectivity index (χ4n) is 4.64. The third-order valence-electron chi connectivity index (χ3n) is 6.73. The van der Waals surface area contributed by atoms with Crippen molar-refractivity contribution < 1.29 is 28.2 Å². The highest BCUT2D eigenvalue weighted by molar-refractivity contribution is 5.93. The highest BCUT2D eigenvalue weighted by Crippen LogP contribution is 2.38. The number of anilines is 2. The summed E-state index contributed by atoms with van der Waals surface area (Å²) in [6.45, 7) is 5.58. The monoisotopic (exact) mass is 544 g/mol. The number of fused-ring (bicyclic) bond motifs is 1. The van der Waals surface area contributed by atoms with Gasteiger partial charge in [-0.3, -0.25) is 4.79 Å². The molecule has 0 aliphatic carbocycles. The first-order valence-corrected chi connectivity index (χ1v) is 13.1. The molecule has 2 aromatic carbocycles. The summed E-state index contributed by atoms with van der Waals surface area (Å²) in [4.78, 5) is 22.8. The van der Waals surface area contributed by atoms with E-state index < -0.39 is 0 Å². The molecule has 0 unspecified atom stereocenters. The number of aromatic nitrogens is 2. The van der Waals surface area contributed by atoms with E-state index in [-0.39, 0.29) is 12.0 Å². The average Bonchev–Trinajstić information content (AvgIpc) is 3.53. The maximum atomic E-state index is 12.0. The van der Waals surface area contributed by atoms with Gasteiger partial charge in [-0.15, -0.1) is 0 Å². The van der Waals surface area contributed by atoms with Crippen molar-refractivity contribution in [2.24, 2.45) is 0 Å². The first-order chi connectivity index (χ1) is 19.6. The van der Waals surface area contributed by atoms with Crippen molar-refractivity contribution in [3.05, 3.63) is 67.7 Å². The molecule has 4 aromatic rings. The number of likely N-dealkylation sites (tertiary alicyclic amines) is 1. The van der Waals surface area contributed by atoms with Gasteiger partial charge in [-0.1, -0.05) is 6.58 Å². The quantitative estimate of drug-likeness (QED) is 0.201. The zero-order valence-electron chi connectivity index (χ0n) is 22.6. The van der Waals surface area contributed by atoms with Gasteiger partial charge < -0.3 is 33.6 Å². The van der Waals surface area contributed by atoms with Crippen molar-refractivity contribution in [1.82, 2.24) is 14.9 Å². The Morgan fingerprint density at radius 1 is 1.10 bits per heavy atom. The van der Waals surface area contributed by atoms with Crippen LogP contribution in [-0.4, -0.2) is 67.4 Å². The average molecular weight is 545 g/mol. The normalized spacial score (nSPS) is 13.7. The molecule has 1 fully saturated rings. The molecule has 40 heavy (non-hydrogen) atoms.